The van der Waals surface area contributed by atoms with Gasteiger partial charge in [-0.2, -0.15) is 13.2 Å². The topological polar surface area (TPSA) is 3.24 Å². The van der Waals surface area contributed by atoms with E-state index in [0.717, 1.165) is 5.56 Å². The molecule has 0 heterocycles. The van der Waals surface area contributed by atoms with E-state index in [2.05, 4.69) is 15.9 Å². The van der Waals surface area contributed by atoms with E-state index in [1.807, 2.05) is 0 Å². The predicted octanol–water partition coefficient (Wildman–Crippen LogP) is 4.58. The van der Waals surface area contributed by atoms with Crippen LogP contribution >= 0.6 is 27.5 Å². The number of hydrogen-bond acceptors (Lipinski definition) is 1. The van der Waals surface area contributed by atoms with Crippen LogP contribution in [0, 0.1) is 0 Å². The Hall–Kier alpha value is -0.420. The van der Waals surface area contributed by atoms with Gasteiger partial charge in [0.25, 0.3) is 0 Å². The Morgan fingerprint density at radius 3 is 2.41 bits per heavy atom. The van der Waals surface area contributed by atoms with Crippen LogP contribution in [-0.4, -0.2) is 19.3 Å². The number of nitrogens with zero attached hydrogens (tertiary/aromatic N) is 1. The number of rotatable bonds is 4. The van der Waals surface area contributed by atoms with Crippen molar-refractivity contribution in [2.75, 3.05) is 18.0 Å². The van der Waals surface area contributed by atoms with E-state index in [9.17, 15) is 13.2 Å². The summed E-state index contributed by atoms with van der Waals surface area (Å²) in [4.78, 5) is 1.27. The Labute approximate surface area is 112 Å². The Morgan fingerprint density at radius 1 is 1.35 bits per heavy atom. The van der Waals surface area contributed by atoms with Crippen molar-refractivity contribution in [2.45, 2.75) is 19.0 Å². The fourth-order valence-corrected chi connectivity index (χ4v) is 2.32. The molecule has 1 aromatic rings. The van der Waals surface area contributed by atoms with Crippen molar-refractivity contribution in [3.63, 3.8) is 0 Å². The van der Waals surface area contributed by atoms with Crippen LogP contribution in [0.5, 0.6) is 0 Å². The van der Waals surface area contributed by atoms with Gasteiger partial charge in [0.05, 0.1) is 5.69 Å². The lowest BCUT2D eigenvalue weighted by Crippen LogP contribution is -2.34. The quantitative estimate of drug-likeness (QED) is 0.731. The highest BCUT2D eigenvalue weighted by Crippen LogP contribution is 2.30. The largest absolute Gasteiger partial charge is 0.405 e. The van der Waals surface area contributed by atoms with Crippen molar-refractivity contribution in [3.8, 4) is 0 Å². The normalized spacial score (nSPS) is 11.6. The molecule has 0 aliphatic rings. The standard InChI is InChI=1S/C11H12BrClF3N/c1-2-17(7-11(14,15)16)10-4-3-8(6-13)5-9(10)12/h3-5H,2,6-7H2,1H3. The molecule has 0 aliphatic carbocycles. The highest BCUT2D eigenvalue weighted by Gasteiger charge is 2.30. The van der Waals surface area contributed by atoms with Gasteiger partial charge in [0.2, 0.25) is 0 Å². The molecule has 0 saturated carbocycles. The first kappa shape index (κ1) is 14.6. The molecule has 0 spiro atoms. The van der Waals surface area contributed by atoms with Crippen molar-refractivity contribution in [1.82, 2.24) is 0 Å². The highest BCUT2D eigenvalue weighted by atomic mass is 79.9. The van der Waals surface area contributed by atoms with Crippen molar-refractivity contribution < 1.29 is 13.2 Å². The molecular formula is C11H12BrClF3N. The number of halogens is 5. The number of hydrogen-bond donors (Lipinski definition) is 0. The van der Waals surface area contributed by atoms with E-state index in [4.69, 9.17) is 11.6 Å². The molecule has 1 aromatic carbocycles. The smallest absolute Gasteiger partial charge is 0.362 e. The fourth-order valence-electron chi connectivity index (χ4n) is 1.47. The van der Waals surface area contributed by atoms with Gasteiger partial charge in [-0.15, -0.1) is 11.6 Å². The second kappa shape index (κ2) is 5.96. The Bertz CT molecular complexity index is 381. The fraction of sp³-hybridized carbons (Fsp3) is 0.455. The van der Waals surface area contributed by atoms with E-state index in [1.54, 1.807) is 25.1 Å². The zero-order chi connectivity index (χ0) is 13.1. The lowest BCUT2D eigenvalue weighted by atomic mass is 10.2. The summed E-state index contributed by atoms with van der Waals surface area (Å²) in [6, 6.07) is 5.12. The SMILES string of the molecule is CCN(CC(F)(F)F)c1ccc(CCl)cc1Br. The molecule has 0 aliphatic heterocycles. The van der Waals surface area contributed by atoms with Gasteiger partial charge in [-0.3, -0.25) is 0 Å². The first-order valence-electron chi connectivity index (χ1n) is 5.03. The summed E-state index contributed by atoms with van der Waals surface area (Å²) < 4.78 is 37.8. The van der Waals surface area contributed by atoms with Crippen LogP contribution in [0.25, 0.3) is 0 Å². The Kier molecular flexibility index (Phi) is 5.13. The van der Waals surface area contributed by atoms with Gasteiger partial charge in [-0.05, 0) is 40.5 Å². The van der Waals surface area contributed by atoms with E-state index in [0.29, 0.717) is 22.6 Å². The molecule has 6 heteroatoms. The Balaban J connectivity index is 2.96. The Morgan fingerprint density at radius 2 is 2.00 bits per heavy atom. The molecule has 0 radical (unpaired) electrons. The molecular weight excluding hydrogens is 318 g/mol. The van der Waals surface area contributed by atoms with Gasteiger partial charge < -0.3 is 4.90 Å². The van der Waals surface area contributed by atoms with Crippen molar-refractivity contribution in [1.29, 1.82) is 0 Å². The lowest BCUT2D eigenvalue weighted by molar-refractivity contribution is -0.119. The molecule has 1 nitrogen and oxygen atoms in total. The van der Waals surface area contributed by atoms with Crippen LogP contribution < -0.4 is 4.90 Å². The van der Waals surface area contributed by atoms with Gasteiger partial charge >= 0.3 is 6.18 Å². The third-order valence-corrected chi connectivity index (χ3v) is 3.20. The summed E-state index contributed by atoms with van der Waals surface area (Å²) in [7, 11) is 0. The van der Waals surface area contributed by atoms with Gasteiger partial charge in [0.1, 0.15) is 6.54 Å². The van der Waals surface area contributed by atoms with E-state index in [-0.39, 0.29) is 0 Å². The van der Waals surface area contributed by atoms with Crippen LogP contribution in [0.1, 0.15) is 12.5 Å². The van der Waals surface area contributed by atoms with Gasteiger partial charge in [-0.1, -0.05) is 6.07 Å². The lowest BCUT2D eigenvalue weighted by Gasteiger charge is -2.25. The highest BCUT2D eigenvalue weighted by molar-refractivity contribution is 9.10. The number of anilines is 1. The summed E-state index contributed by atoms with van der Waals surface area (Å²) in [6.07, 6.45) is -4.21. The molecule has 0 saturated heterocycles. The van der Waals surface area contributed by atoms with Gasteiger partial charge in [0, 0.05) is 16.9 Å². The third kappa shape index (κ3) is 4.39. The summed E-state index contributed by atoms with van der Waals surface area (Å²) in [6.45, 7) is 1.02. The molecule has 0 N–H and O–H groups in total. The van der Waals surface area contributed by atoms with Crippen LogP contribution in [-0.2, 0) is 5.88 Å². The molecule has 96 valence electrons. The summed E-state index contributed by atoms with van der Waals surface area (Å²) in [5, 5.41) is 0. The first-order valence-corrected chi connectivity index (χ1v) is 6.36. The monoisotopic (exact) mass is 329 g/mol. The van der Waals surface area contributed by atoms with Crippen LogP contribution in [0.15, 0.2) is 22.7 Å². The third-order valence-electron chi connectivity index (χ3n) is 2.26. The first-order chi connectivity index (χ1) is 7.87. The molecule has 0 bridgehead atoms. The average Bonchev–Trinajstić information content (AvgIpc) is 2.24. The molecule has 0 aromatic heterocycles. The van der Waals surface area contributed by atoms with Crippen molar-refractivity contribution in [3.05, 3.63) is 28.2 Å². The minimum absolute atomic E-state index is 0.290. The molecule has 1 rings (SSSR count). The van der Waals surface area contributed by atoms with E-state index >= 15 is 0 Å². The van der Waals surface area contributed by atoms with Crippen LogP contribution in [0.4, 0.5) is 18.9 Å². The zero-order valence-electron chi connectivity index (χ0n) is 9.19. The molecule has 0 fully saturated rings. The second-order valence-corrected chi connectivity index (χ2v) is 4.67. The summed E-state index contributed by atoms with van der Waals surface area (Å²) in [5.41, 5.74) is 1.39. The van der Waals surface area contributed by atoms with Crippen LogP contribution in [0.3, 0.4) is 0 Å². The average molecular weight is 331 g/mol. The number of benzene rings is 1. The van der Waals surface area contributed by atoms with Crippen LogP contribution in [0.2, 0.25) is 0 Å². The van der Waals surface area contributed by atoms with Gasteiger partial charge in [0.15, 0.2) is 0 Å². The van der Waals surface area contributed by atoms with E-state index < -0.39 is 12.7 Å². The minimum Gasteiger partial charge on any atom is -0.362 e. The zero-order valence-corrected chi connectivity index (χ0v) is 11.5. The van der Waals surface area contributed by atoms with Gasteiger partial charge in [-0.25, -0.2) is 0 Å². The maximum absolute atomic E-state index is 12.4. The molecule has 0 unspecified atom stereocenters. The molecule has 17 heavy (non-hydrogen) atoms. The molecule has 0 atom stereocenters. The predicted molar refractivity (Wildman–Crippen MR) is 67.6 cm³/mol. The second-order valence-electron chi connectivity index (χ2n) is 3.55. The summed E-state index contributed by atoms with van der Waals surface area (Å²) in [5.74, 6) is 0.338. The van der Waals surface area contributed by atoms with Crippen molar-refractivity contribution >= 4 is 33.2 Å². The van der Waals surface area contributed by atoms with Crippen molar-refractivity contribution in [2.24, 2.45) is 0 Å². The number of alkyl halides is 4. The maximum atomic E-state index is 12.4. The summed E-state index contributed by atoms with van der Waals surface area (Å²) >= 11 is 8.93. The van der Waals surface area contributed by atoms with E-state index in [1.165, 1.54) is 4.90 Å². The molecule has 0 amide bonds. The minimum atomic E-state index is -4.21. The maximum Gasteiger partial charge on any atom is 0.405 e.